The fraction of sp³-hybridized carbons (Fsp3) is 0.500. The highest BCUT2D eigenvalue weighted by atomic mass is 35.5. The van der Waals surface area contributed by atoms with Crippen LogP contribution in [0, 0.1) is 0 Å². The summed E-state index contributed by atoms with van der Waals surface area (Å²) in [6.45, 7) is 0. The number of hydrogen-bond acceptors (Lipinski definition) is 0. The molecule has 3 heteroatoms. The smallest absolute Gasteiger partial charge is 0.174 e. The topological polar surface area (TPSA) is 0 Å². The molecule has 0 aromatic rings. The maximum Gasteiger partial charge on any atom is 0.266 e. The highest BCUT2D eigenvalue weighted by molar-refractivity contribution is 6.17. The van der Waals surface area contributed by atoms with Crippen molar-refractivity contribution in [1.82, 2.24) is 0 Å². The predicted molar refractivity (Wildman–Crippen MR) is 25.6 cm³/mol. The average molecular weight is 127 g/mol. The summed E-state index contributed by atoms with van der Waals surface area (Å²) < 4.78 is 22.0. The summed E-state index contributed by atoms with van der Waals surface area (Å²) in [6.07, 6.45) is -0.600. The van der Waals surface area contributed by atoms with E-state index in [1.165, 1.54) is 0 Å². The summed E-state index contributed by atoms with van der Waals surface area (Å²) in [7, 11) is 0. The SMILES string of the molecule is FC(F)=CCCCl. The maximum atomic E-state index is 11.0. The fourth-order valence-corrected chi connectivity index (χ4v) is 0.273. The van der Waals surface area contributed by atoms with Gasteiger partial charge in [0.15, 0.2) is 0 Å². The molecule has 7 heavy (non-hydrogen) atoms. The molecule has 0 aromatic heterocycles. The summed E-state index contributed by atoms with van der Waals surface area (Å²) in [5.41, 5.74) is 0. The molecule has 0 bridgehead atoms. The van der Waals surface area contributed by atoms with Crippen LogP contribution in [-0.4, -0.2) is 5.88 Å². The van der Waals surface area contributed by atoms with Crippen LogP contribution in [-0.2, 0) is 0 Å². The van der Waals surface area contributed by atoms with Crippen molar-refractivity contribution in [3.8, 4) is 0 Å². The molecule has 0 fully saturated rings. The van der Waals surface area contributed by atoms with Crippen molar-refractivity contribution >= 4 is 11.6 Å². The van der Waals surface area contributed by atoms with Crippen molar-refractivity contribution < 1.29 is 8.78 Å². The first-order valence-electron chi connectivity index (χ1n) is 1.84. The summed E-state index contributed by atoms with van der Waals surface area (Å²) in [6, 6.07) is 0. The van der Waals surface area contributed by atoms with Crippen LogP contribution in [0.5, 0.6) is 0 Å². The lowest BCUT2D eigenvalue weighted by Gasteiger charge is -1.77. The lowest BCUT2D eigenvalue weighted by molar-refractivity contribution is 0.418. The van der Waals surface area contributed by atoms with Gasteiger partial charge in [-0.3, -0.25) is 0 Å². The van der Waals surface area contributed by atoms with Gasteiger partial charge in [-0.2, -0.15) is 8.78 Å². The Kier molecular flexibility index (Phi) is 4.00. The predicted octanol–water partition coefficient (Wildman–Crippen LogP) is 2.40. The van der Waals surface area contributed by atoms with Crippen LogP contribution in [0.25, 0.3) is 0 Å². The third-order valence-corrected chi connectivity index (χ3v) is 0.626. The van der Waals surface area contributed by atoms with Crippen LogP contribution in [0.3, 0.4) is 0 Å². The Labute approximate surface area is 45.8 Å². The molecule has 0 saturated carbocycles. The zero-order valence-corrected chi connectivity index (χ0v) is 4.38. The van der Waals surface area contributed by atoms with Gasteiger partial charge in [0.2, 0.25) is 0 Å². The van der Waals surface area contributed by atoms with Gasteiger partial charge < -0.3 is 0 Å². The normalized spacial score (nSPS) is 8.43. The van der Waals surface area contributed by atoms with E-state index in [0.717, 1.165) is 6.08 Å². The molecular weight excluding hydrogens is 121 g/mol. The van der Waals surface area contributed by atoms with Gasteiger partial charge >= 0.3 is 0 Å². The molecule has 0 radical (unpaired) electrons. The summed E-state index contributed by atoms with van der Waals surface area (Å²) in [4.78, 5) is 0. The van der Waals surface area contributed by atoms with Gasteiger partial charge in [0.25, 0.3) is 6.08 Å². The molecule has 0 aliphatic heterocycles. The second-order valence-corrected chi connectivity index (χ2v) is 1.35. The van der Waals surface area contributed by atoms with Gasteiger partial charge in [-0.05, 0) is 12.5 Å². The zero-order valence-electron chi connectivity index (χ0n) is 3.63. The van der Waals surface area contributed by atoms with Gasteiger partial charge in [-0.25, -0.2) is 0 Å². The number of rotatable bonds is 2. The van der Waals surface area contributed by atoms with E-state index < -0.39 is 6.08 Å². The third-order valence-electron chi connectivity index (χ3n) is 0.408. The highest BCUT2D eigenvalue weighted by Gasteiger charge is 1.83. The Morgan fingerprint density at radius 1 is 1.57 bits per heavy atom. The van der Waals surface area contributed by atoms with Crippen LogP contribution in [0.2, 0.25) is 0 Å². The molecule has 0 N–H and O–H groups in total. The third kappa shape index (κ3) is 5.89. The first-order chi connectivity index (χ1) is 3.27. The van der Waals surface area contributed by atoms with E-state index in [1.54, 1.807) is 0 Å². The van der Waals surface area contributed by atoms with Crippen molar-refractivity contribution in [2.45, 2.75) is 6.42 Å². The molecule has 0 aliphatic carbocycles. The summed E-state index contributed by atoms with van der Waals surface area (Å²) in [5, 5.41) is 0. The van der Waals surface area contributed by atoms with E-state index in [-0.39, 0.29) is 12.3 Å². The molecule has 0 nitrogen and oxygen atoms in total. The van der Waals surface area contributed by atoms with E-state index >= 15 is 0 Å². The highest BCUT2D eigenvalue weighted by Crippen LogP contribution is 1.98. The van der Waals surface area contributed by atoms with Crippen molar-refractivity contribution in [3.63, 3.8) is 0 Å². The Balaban J connectivity index is 3.08. The lowest BCUT2D eigenvalue weighted by Crippen LogP contribution is -1.65. The second-order valence-electron chi connectivity index (χ2n) is 0.971. The first kappa shape index (κ1) is 6.89. The molecule has 0 rings (SSSR count). The Hall–Kier alpha value is -0.110. The van der Waals surface area contributed by atoms with Crippen molar-refractivity contribution in [2.24, 2.45) is 0 Å². The number of hydrogen-bond donors (Lipinski definition) is 0. The minimum absolute atomic E-state index is 0.254. The van der Waals surface area contributed by atoms with Gasteiger partial charge in [0, 0.05) is 5.88 Å². The van der Waals surface area contributed by atoms with Gasteiger partial charge in [0.05, 0.1) is 0 Å². The molecule has 0 heterocycles. The van der Waals surface area contributed by atoms with Crippen LogP contribution < -0.4 is 0 Å². The Bertz CT molecular complexity index is 66.1. The molecule has 0 atom stereocenters. The molecule has 42 valence electrons. The molecule has 0 aliphatic rings. The van der Waals surface area contributed by atoms with E-state index in [4.69, 9.17) is 11.6 Å². The number of halogens is 3. The largest absolute Gasteiger partial charge is 0.266 e. The van der Waals surface area contributed by atoms with Crippen LogP contribution in [0.15, 0.2) is 12.2 Å². The second kappa shape index (κ2) is 4.06. The first-order valence-corrected chi connectivity index (χ1v) is 2.38. The van der Waals surface area contributed by atoms with E-state index in [9.17, 15) is 8.78 Å². The van der Waals surface area contributed by atoms with Crippen LogP contribution in [0.4, 0.5) is 8.78 Å². The van der Waals surface area contributed by atoms with Crippen LogP contribution >= 0.6 is 11.6 Å². The molecule has 0 saturated heterocycles. The van der Waals surface area contributed by atoms with E-state index in [0.29, 0.717) is 0 Å². The van der Waals surface area contributed by atoms with Gasteiger partial charge in [-0.15, -0.1) is 11.6 Å². The maximum absolute atomic E-state index is 11.0. The van der Waals surface area contributed by atoms with Crippen molar-refractivity contribution in [1.29, 1.82) is 0 Å². The van der Waals surface area contributed by atoms with Crippen molar-refractivity contribution in [3.05, 3.63) is 12.2 Å². The van der Waals surface area contributed by atoms with E-state index in [2.05, 4.69) is 0 Å². The summed E-state index contributed by atoms with van der Waals surface area (Å²) in [5.74, 6) is 0.261. The fourth-order valence-electron chi connectivity index (χ4n) is 0.164. The van der Waals surface area contributed by atoms with E-state index in [1.807, 2.05) is 0 Å². The number of allylic oxidation sites excluding steroid dienone is 1. The van der Waals surface area contributed by atoms with Crippen LogP contribution in [0.1, 0.15) is 6.42 Å². The molecular formula is C4H5ClF2. The molecule has 0 aromatic carbocycles. The van der Waals surface area contributed by atoms with Gasteiger partial charge in [0.1, 0.15) is 0 Å². The quantitative estimate of drug-likeness (QED) is 0.499. The summed E-state index contributed by atoms with van der Waals surface area (Å²) >= 11 is 5.07. The molecule has 0 spiro atoms. The monoisotopic (exact) mass is 126 g/mol. The molecule has 0 unspecified atom stereocenters. The Morgan fingerprint density at radius 3 is 2.29 bits per heavy atom. The standard InChI is InChI=1S/C4H5ClF2/c5-3-1-2-4(6)7/h2H,1,3H2. The van der Waals surface area contributed by atoms with Gasteiger partial charge in [-0.1, -0.05) is 0 Å². The molecule has 0 amide bonds. The lowest BCUT2D eigenvalue weighted by atomic mass is 10.5. The minimum Gasteiger partial charge on any atom is -0.174 e. The average Bonchev–Trinajstić information content (AvgIpc) is 1.61. The zero-order chi connectivity index (χ0) is 5.70. The van der Waals surface area contributed by atoms with Crippen molar-refractivity contribution in [2.75, 3.05) is 5.88 Å². The number of alkyl halides is 1. The Morgan fingerprint density at radius 2 is 2.14 bits per heavy atom. The minimum atomic E-state index is -1.65.